The molecule has 0 unspecified atom stereocenters. The molecule has 0 aliphatic heterocycles. The fourth-order valence-electron chi connectivity index (χ4n) is 1.66. The van der Waals surface area contributed by atoms with Crippen LogP contribution in [0.1, 0.15) is 17.0 Å². The average molecular weight is 214 g/mol. The van der Waals surface area contributed by atoms with Gasteiger partial charge in [0.2, 0.25) is 0 Å². The third-order valence-electron chi connectivity index (χ3n) is 2.54. The topological polar surface area (TPSA) is 64.7 Å². The van der Waals surface area contributed by atoms with Crippen molar-refractivity contribution in [2.75, 3.05) is 0 Å². The number of nitrogens with zero attached hydrogens (tertiary/aromatic N) is 3. The summed E-state index contributed by atoms with van der Waals surface area (Å²) in [6.07, 6.45) is 3.49. The lowest BCUT2D eigenvalue weighted by Gasteiger charge is -2.08. The average Bonchev–Trinajstić information content (AvgIpc) is 2.30. The molecular weight excluding hydrogens is 200 g/mol. The van der Waals surface area contributed by atoms with E-state index in [0.717, 1.165) is 22.5 Å². The molecule has 2 heterocycles. The Balaban J connectivity index is 2.53. The van der Waals surface area contributed by atoms with Crippen LogP contribution in [0.4, 0.5) is 0 Å². The highest BCUT2D eigenvalue weighted by Gasteiger charge is 2.08. The lowest BCUT2D eigenvalue weighted by molar-refractivity contribution is 0.938. The zero-order chi connectivity index (χ0) is 11.5. The first-order chi connectivity index (χ1) is 7.72. The van der Waals surface area contributed by atoms with Gasteiger partial charge < -0.3 is 5.73 Å². The molecule has 4 nitrogen and oxygen atoms in total. The summed E-state index contributed by atoms with van der Waals surface area (Å²) in [6, 6.07) is 3.82. The lowest BCUT2D eigenvalue weighted by atomic mass is 10.1. The molecule has 16 heavy (non-hydrogen) atoms. The molecule has 0 radical (unpaired) electrons. The van der Waals surface area contributed by atoms with Gasteiger partial charge in [0.15, 0.2) is 5.82 Å². The molecule has 0 atom stereocenters. The zero-order valence-corrected chi connectivity index (χ0v) is 9.44. The van der Waals surface area contributed by atoms with E-state index in [2.05, 4.69) is 15.0 Å². The van der Waals surface area contributed by atoms with Crippen molar-refractivity contribution in [3.63, 3.8) is 0 Å². The number of hydrogen-bond donors (Lipinski definition) is 1. The summed E-state index contributed by atoms with van der Waals surface area (Å²) in [7, 11) is 0. The Morgan fingerprint density at radius 1 is 1.19 bits per heavy atom. The van der Waals surface area contributed by atoms with Crippen molar-refractivity contribution in [2.45, 2.75) is 20.4 Å². The second-order valence-electron chi connectivity index (χ2n) is 3.64. The van der Waals surface area contributed by atoms with E-state index in [-0.39, 0.29) is 0 Å². The monoisotopic (exact) mass is 214 g/mol. The molecule has 0 amide bonds. The molecule has 0 spiro atoms. The Hall–Kier alpha value is -1.81. The molecule has 82 valence electrons. The second kappa shape index (κ2) is 4.37. The predicted molar refractivity (Wildman–Crippen MR) is 62.6 cm³/mol. The van der Waals surface area contributed by atoms with Crippen LogP contribution in [-0.2, 0) is 6.54 Å². The highest BCUT2D eigenvalue weighted by molar-refractivity contribution is 5.54. The summed E-state index contributed by atoms with van der Waals surface area (Å²) in [4.78, 5) is 12.9. The molecule has 0 fully saturated rings. The maximum Gasteiger partial charge on any atom is 0.161 e. The van der Waals surface area contributed by atoms with E-state index in [1.807, 2.05) is 26.0 Å². The van der Waals surface area contributed by atoms with E-state index < -0.39 is 0 Å². The van der Waals surface area contributed by atoms with Gasteiger partial charge in [-0.2, -0.15) is 0 Å². The van der Waals surface area contributed by atoms with Crippen LogP contribution in [-0.4, -0.2) is 15.0 Å². The maximum atomic E-state index is 5.65. The van der Waals surface area contributed by atoms with Gasteiger partial charge in [-0.05, 0) is 26.0 Å². The molecule has 2 aromatic rings. The van der Waals surface area contributed by atoms with Crippen molar-refractivity contribution in [1.82, 2.24) is 15.0 Å². The van der Waals surface area contributed by atoms with Gasteiger partial charge in [-0.3, -0.25) is 4.98 Å². The summed E-state index contributed by atoms with van der Waals surface area (Å²) in [5.41, 5.74) is 9.47. The van der Waals surface area contributed by atoms with Crippen LogP contribution < -0.4 is 5.73 Å². The molecule has 2 rings (SSSR count). The van der Waals surface area contributed by atoms with Gasteiger partial charge in [0.1, 0.15) is 0 Å². The van der Waals surface area contributed by atoms with E-state index in [4.69, 9.17) is 5.73 Å². The molecule has 0 bridgehead atoms. The molecule has 2 N–H and O–H groups in total. The number of aromatic nitrogens is 3. The first kappa shape index (κ1) is 10.7. The van der Waals surface area contributed by atoms with Crippen molar-refractivity contribution in [3.05, 3.63) is 41.5 Å². The van der Waals surface area contributed by atoms with Crippen LogP contribution in [0.3, 0.4) is 0 Å². The molecule has 0 aliphatic rings. The number of nitrogens with two attached hydrogens (primary N) is 1. The van der Waals surface area contributed by atoms with Gasteiger partial charge in [-0.25, -0.2) is 9.97 Å². The van der Waals surface area contributed by atoms with Crippen LogP contribution >= 0.6 is 0 Å². The quantitative estimate of drug-likeness (QED) is 0.825. The van der Waals surface area contributed by atoms with E-state index in [1.165, 1.54) is 0 Å². The van der Waals surface area contributed by atoms with Gasteiger partial charge >= 0.3 is 0 Å². The fraction of sp³-hybridized carbons (Fsp3) is 0.250. The number of rotatable bonds is 2. The van der Waals surface area contributed by atoms with Crippen molar-refractivity contribution in [1.29, 1.82) is 0 Å². The molecular formula is C12H14N4. The minimum Gasteiger partial charge on any atom is -0.326 e. The summed E-state index contributed by atoms with van der Waals surface area (Å²) in [5.74, 6) is 0.709. The van der Waals surface area contributed by atoms with Crippen molar-refractivity contribution in [2.24, 2.45) is 5.73 Å². The highest BCUT2D eigenvalue weighted by atomic mass is 14.9. The van der Waals surface area contributed by atoms with Crippen LogP contribution in [0.15, 0.2) is 24.5 Å². The standard InChI is InChI=1S/C12H14N4/c1-8-11(6-13)9(2)16-12(15-8)10-4-3-5-14-7-10/h3-5,7H,6,13H2,1-2H3. The van der Waals surface area contributed by atoms with Gasteiger partial charge in [0.25, 0.3) is 0 Å². The number of aryl methyl sites for hydroxylation is 2. The molecule has 0 saturated heterocycles. The normalized spacial score (nSPS) is 10.4. The highest BCUT2D eigenvalue weighted by Crippen LogP contribution is 2.17. The fourth-order valence-corrected chi connectivity index (χ4v) is 1.66. The van der Waals surface area contributed by atoms with Crippen LogP contribution in [0.2, 0.25) is 0 Å². The third-order valence-corrected chi connectivity index (χ3v) is 2.54. The summed E-state index contributed by atoms with van der Waals surface area (Å²) in [5, 5.41) is 0. The zero-order valence-electron chi connectivity index (χ0n) is 9.44. The van der Waals surface area contributed by atoms with Crippen molar-refractivity contribution in [3.8, 4) is 11.4 Å². The SMILES string of the molecule is Cc1nc(-c2cccnc2)nc(C)c1CN. The minimum atomic E-state index is 0.477. The minimum absolute atomic E-state index is 0.477. The van der Waals surface area contributed by atoms with Gasteiger partial charge in [-0.15, -0.1) is 0 Å². The van der Waals surface area contributed by atoms with Crippen LogP contribution in [0.5, 0.6) is 0 Å². The first-order valence-corrected chi connectivity index (χ1v) is 5.17. The molecule has 0 saturated carbocycles. The number of pyridine rings is 1. The molecule has 0 aliphatic carbocycles. The lowest BCUT2D eigenvalue weighted by Crippen LogP contribution is -2.07. The van der Waals surface area contributed by atoms with Crippen LogP contribution in [0, 0.1) is 13.8 Å². The van der Waals surface area contributed by atoms with E-state index in [0.29, 0.717) is 12.4 Å². The smallest absolute Gasteiger partial charge is 0.161 e. The molecule has 0 aromatic carbocycles. The summed E-state index contributed by atoms with van der Waals surface area (Å²) in [6.45, 7) is 4.39. The van der Waals surface area contributed by atoms with Gasteiger partial charge in [0, 0.05) is 41.5 Å². The van der Waals surface area contributed by atoms with Gasteiger partial charge in [-0.1, -0.05) is 0 Å². The van der Waals surface area contributed by atoms with E-state index >= 15 is 0 Å². The Kier molecular flexibility index (Phi) is 2.92. The second-order valence-corrected chi connectivity index (χ2v) is 3.64. The largest absolute Gasteiger partial charge is 0.326 e. The number of hydrogen-bond acceptors (Lipinski definition) is 4. The van der Waals surface area contributed by atoms with Crippen molar-refractivity contribution >= 4 is 0 Å². The maximum absolute atomic E-state index is 5.65. The third kappa shape index (κ3) is 1.92. The van der Waals surface area contributed by atoms with Crippen LogP contribution in [0.25, 0.3) is 11.4 Å². The summed E-state index contributed by atoms with van der Waals surface area (Å²) < 4.78 is 0. The molecule has 4 heteroatoms. The van der Waals surface area contributed by atoms with E-state index in [1.54, 1.807) is 12.4 Å². The van der Waals surface area contributed by atoms with E-state index in [9.17, 15) is 0 Å². The Labute approximate surface area is 94.6 Å². The summed E-state index contributed by atoms with van der Waals surface area (Å²) >= 11 is 0. The first-order valence-electron chi connectivity index (χ1n) is 5.17. The Bertz CT molecular complexity index is 471. The predicted octanol–water partition coefficient (Wildman–Crippen LogP) is 1.61. The molecule has 2 aromatic heterocycles. The Morgan fingerprint density at radius 2 is 1.88 bits per heavy atom. The Morgan fingerprint density at radius 3 is 2.38 bits per heavy atom. The van der Waals surface area contributed by atoms with Gasteiger partial charge in [0.05, 0.1) is 0 Å². The van der Waals surface area contributed by atoms with Crippen molar-refractivity contribution < 1.29 is 0 Å².